The van der Waals surface area contributed by atoms with Crippen molar-refractivity contribution in [3.05, 3.63) is 65.6 Å². The van der Waals surface area contributed by atoms with Crippen molar-refractivity contribution >= 4 is 11.7 Å². The van der Waals surface area contributed by atoms with Gasteiger partial charge >= 0.3 is 6.18 Å². The predicted molar refractivity (Wildman–Crippen MR) is 114 cm³/mol. The highest BCUT2D eigenvalue weighted by Crippen LogP contribution is 2.40. The van der Waals surface area contributed by atoms with Gasteiger partial charge in [-0.1, -0.05) is 0 Å². The van der Waals surface area contributed by atoms with Gasteiger partial charge in [0.1, 0.15) is 11.5 Å². The smallest absolute Gasteiger partial charge is 0.365 e. The van der Waals surface area contributed by atoms with E-state index in [1.165, 1.54) is 6.07 Å². The van der Waals surface area contributed by atoms with Gasteiger partial charge in [0.05, 0.1) is 29.6 Å². The number of likely N-dealkylation sites (tertiary alicyclic amines) is 1. The maximum atomic E-state index is 13.6. The van der Waals surface area contributed by atoms with Gasteiger partial charge in [-0.3, -0.25) is 4.79 Å². The first kappa shape index (κ1) is 22.2. The molecule has 2 fully saturated rings. The van der Waals surface area contributed by atoms with Crippen LogP contribution in [0.2, 0.25) is 0 Å². The number of aryl methyl sites for hydroxylation is 1. The number of carbonyl (C=O) groups excluding carboxylic acids is 1. The molecule has 1 saturated heterocycles. The summed E-state index contributed by atoms with van der Waals surface area (Å²) in [5, 5.41) is 3.19. The van der Waals surface area contributed by atoms with Gasteiger partial charge in [-0.05, 0) is 49.9 Å². The highest BCUT2D eigenvalue weighted by Gasteiger charge is 2.47. The number of hydrogen-bond acceptors (Lipinski definition) is 6. The Labute approximate surface area is 192 Å². The number of nitrogens with zero attached hydrogens (tertiary/aromatic N) is 5. The van der Waals surface area contributed by atoms with Crippen molar-refractivity contribution < 1.29 is 22.4 Å². The first-order valence-electron chi connectivity index (χ1n) is 10.8. The predicted octanol–water partition coefficient (Wildman–Crippen LogP) is 4.12. The standard InChI is InChI=1S/C23H20F4N6O/c1-12-2-4-16(21-29-9-15(24)10-30-21)20(31-12)22(34)33-11-13-6-17(18(33)7-13)32-19-5-3-14(8-28-19)23(25,26)27/h2-5,8-10,13,17-18H,6-7,11H2,1H3,(H,28,32). The summed E-state index contributed by atoms with van der Waals surface area (Å²) in [7, 11) is 0. The number of aromatic nitrogens is 4. The molecule has 0 aromatic carbocycles. The topological polar surface area (TPSA) is 83.9 Å². The molecule has 0 radical (unpaired) electrons. The number of hydrogen-bond donors (Lipinski definition) is 1. The molecule has 7 nitrogen and oxygen atoms in total. The van der Waals surface area contributed by atoms with Crippen LogP contribution in [0, 0.1) is 18.7 Å². The number of piperidine rings is 1. The molecule has 11 heteroatoms. The summed E-state index contributed by atoms with van der Waals surface area (Å²) < 4.78 is 51.7. The van der Waals surface area contributed by atoms with Crippen LogP contribution in [-0.2, 0) is 6.18 Å². The number of carbonyl (C=O) groups is 1. The SMILES string of the molecule is Cc1ccc(-c2ncc(F)cn2)c(C(=O)N2CC3CC(Nc4ccc(C(F)(F)F)cn4)C2C3)n1. The molecule has 176 valence electrons. The van der Waals surface area contributed by atoms with E-state index < -0.39 is 17.6 Å². The van der Waals surface area contributed by atoms with Gasteiger partial charge in [0.2, 0.25) is 0 Å². The third-order valence-corrected chi connectivity index (χ3v) is 6.27. The van der Waals surface area contributed by atoms with Crippen LogP contribution in [-0.4, -0.2) is 49.4 Å². The summed E-state index contributed by atoms with van der Waals surface area (Å²) in [5.41, 5.74) is 0.420. The molecule has 0 spiro atoms. The minimum absolute atomic E-state index is 0.151. The van der Waals surface area contributed by atoms with Crippen LogP contribution in [0.4, 0.5) is 23.4 Å². The molecule has 2 aliphatic rings. The van der Waals surface area contributed by atoms with Gasteiger partial charge in [0.25, 0.3) is 5.91 Å². The Kier molecular flexibility index (Phi) is 5.41. The van der Waals surface area contributed by atoms with Crippen LogP contribution in [0.25, 0.3) is 11.4 Å². The lowest BCUT2D eigenvalue weighted by atomic mass is 10.0. The second-order valence-electron chi connectivity index (χ2n) is 8.62. The van der Waals surface area contributed by atoms with E-state index in [-0.39, 0.29) is 35.4 Å². The number of pyridine rings is 2. The van der Waals surface area contributed by atoms with E-state index >= 15 is 0 Å². The Hall–Kier alpha value is -3.63. The minimum Gasteiger partial charge on any atom is -0.365 e. The highest BCUT2D eigenvalue weighted by atomic mass is 19.4. The summed E-state index contributed by atoms with van der Waals surface area (Å²) in [6.45, 7) is 2.32. The average Bonchev–Trinajstić information content (AvgIpc) is 3.40. The Morgan fingerprint density at radius 3 is 2.47 bits per heavy atom. The van der Waals surface area contributed by atoms with Crippen LogP contribution in [0.5, 0.6) is 0 Å². The van der Waals surface area contributed by atoms with Gasteiger partial charge in [-0.2, -0.15) is 13.2 Å². The van der Waals surface area contributed by atoms with Gasteiger partial charge in [-0.25, -0.2) is 24.3 Å². The first-order valence-corrected chi connectivity index (χ1v) is 10.8. The van der Waals surface area contributed by atoms with Crippen LogP contribution in [0.3, 0.4) is 0 Å². The van der Waals surface area contributed by atoms with Crippen LogP contribution < -0.4 is 5.32 Å². The van der Waals surface area contributed by atoms with E-state index in [0.29, 0.717) is 23.6 Å². The van der Waals surface area contributed by atoms with Crippen molar-refractivity contribution in [3.63, 3.8) is 0 Å². The van der Waals surface area contributed by atoms with Crippen molar-refractivity contribution in [2.24, 2.45) is 5.92 Å². The zero-order valence-corrected chi connectivity index (χ0v) is 18.1. The average molecular weight is 472 g/mol. The third-order valence-electron chi connectivity index (χ3n) is 6.27. The number of rotatable bonds is 4. The summed E-state index contributed by atoms with van der Waals surface area (Å²) in [4.78, 5) is 31.6. The largest absolute Gasteiger partial charge is 0.417 e. The molecule has 5 rings (SSSR count). The zero-order chi connectivity index (χ0) is 24.0. The lowest BCUT2D eigenvalue weighted by molar-refractivity contribution is -0.137. The normalized spacial score (nSPS) is 21.7. The van der Waals surface area contributed by atoms with Crippen LogP contribution in [0.1, 0.15) is 34.6 Å². The van der Waals surface area contributed by atoms with E-state index in [9.17, 15) is 22.4 Å². The molecular weight excluding hydrogens is 452 g/mol. The fourth-order valence-electron chi connectivity index (χ4n) is 4.74. The van der Waals surface area contributed by atoms with Crippen molar-refractivity contribution in [2.45, 2.75) is 38.0 Å². The van der Waals surface area contributed by atoms with Crippen LogP contribution >= 0.6 is 0 Å². The maximum Gasteiger partial charge on any atom is 0.417 e. The number of anilines is 1. The molecule has 1 aliphatic heterocycles. The van der Waals surface area contributed by atoms with E-state index in [4.69, 9.17) is 0 Å². The van der Waals surface area contributed by atoms with Gasteiger partial charge in [0, 0.05) is 24.5 Å². The fraction of sp³-hybridized carbons (Fsp3) is 0.348. The lowest BCUT2D eigenvalue weighted by Crippen LogP contribution is -2.48. The maximum absolute atomic E-state index is 13.6. The van der Waals surface area contributed by atoms with Crippen LogP contribution in [0.15, 0.2) is 42.9 Å². The molecule has 4 heterocycles. The second kappa shape index (κ2) is 8.30. The van der Waals surface area contributed by atoms with Crippen molar-refractivity contribution in [1.29, 1.82) is 0 Å². The summed E-state index contributed by atoms with van der Waals surface area (Å²) in [6, 6.07) is 5.40. The highest BCUT2D eigenvalue weighted by molar-refractivity contribution is 5.98. The van der Waals surface area contributed by atoms with Gasteiger partial charge in [0.15, 0.2) is 11.6 Å². The Morgan fingerprint density at radius 1 is 1.06 bits per heavy atom. The molecule has 1 amide bonds. The number of halogens is 4. The molecule has 1 saturated carbocycles. The number of nitrogens with one attached hydrogen (secondary N) is 1. The monoisotopic (exact) mass is 472 g/mol. The number of fused-ring (bicyclic) bond motifs is 2. The molecular formula is C23H20F4N6O. The van der Waals surface area contributed by atoms with E-state index in [0.717, 1.165) is 37.5 Å². The quantitative estimate of drug-likeness (QED) is 0.576. The molecule has 3 atom stereocenters. The fourth-order valence-corrected chi connectivity index (χ4v) is 4.74. The lowest BCUT2D eigenvalue weighted by Gasteiger charge is -2.34. The van der Waals surface area contributed by atoms with Crippen molar-refractivity contribution in [1.82, 2.24) is 24.8 Å². The van der Waals surface area contributed by atoms with E-state index in [1.54, 1.807) is 24.0 Å². The molecule has 2 bridgehead atoms. The summed E-state index contributed by atoms with van der Waals surface area (Å²) >= 11 is 0. The number of amides is 1. The molecule has 3 aromatic heterocycles. The van der Waals surface area contributed by atoms with Gasteiger partial charge in [-0.15, -0.1) is 0 Å². The van der Waals surface area contributed by atoms with Gasteiger partial charge < -0.3 is 10.2 Å². The number of alkyl halides is 3. The molecule has 3 unspecified atom stereocenters. The Morgan fingerprint density at radius 2 is 1.82 bits per heavy atom. The molecule has 1 aliphatic carbocycles. The van der Waals surface area contributed by atoms with Crippen molar-refractivity contribution in [2.75, 3.05) is 11.9 Å². The summed E-state index contributed by atoms with van der Waals surface area (Å²) in [5.74, 6) is -0.0844. The molecule has 34 heavy (non-hydrogen) atoms. The van der Waals surface area contributed by atoms with Crippen molar-refractivity contribution in [3.8, 4) is 11.4 Å². The van der Waals surface area contributed by atoms with E-state index in [2.05, 4.69) is 25.3 Å². The zero-order valence-electron chi connectivity index (χ0n) is 18.1. The summed E-state index contributed by atoms with van der Waals surface area (Å²) in [6.07, 6.45) is -0.0286. The molecule has 3 aromatic rings. The minimum atomic E-state index is -4.45. The Bertz CT molecular complexity index is 1220. The first-order chi connectivity index (χ1) is 16.2. The molecule has 1 N–H and O–H groups in total. The third kappa shape index (κ3) is 4.17. The van der Waals surface area contributed by atoms with E-state index in [1.807, 2.05) is 0 Å². The Balaban J connectivity index is 1.38. The second-order valence-corrected chi connectivity index (χ2v) is 8.62.